The van der Waals surface area contributed by atoms with E-state index < -0.39 is 0 Å². The first-order valence-electron chi connectivity index (χ1n) is 6.99. The molecule has 0 fully saturated rings. The number of rotatable bonds is 7. The molecular formula is C17H22N2O2. The van der Waals surface area contributed by atoms with E-state index in [0.29, 0.717) is 0 Å². The van der Waals surface area contributed by atoms with Gasteiger partial charge in [-0.05, 0) is 48.4 Å². The van der Waals surface area contributed by atoms with Crippen molar-refractivity contribution in [3.63, 3.8) is 0 Å². The first-order valence-corrected chi connectivity index (χ1v) is 6.99. The number of hydrogen-bond donors (Lipinski definition) is 2. The SMILES string of the molecule is COc1ccc(CCNCc2ccc(N)cc2)cc1OC. The third-order valence-electron chi connectivity index (χ3n) is 3.35. The number of anilines is 1. The summed E-state index contributed by atoms with van der Waals surface area (Å²) in [7, 11) is 3.30. The van der Waals surface area contributed by atoms with Crippen molar-refractivity contribution in [3.8, 4) is 11.5 Å². The minimum absolute atomic E-state index is 0.760. The Labute approximate surface area is 125 Å². The van der Waals surface area contributed by atoms with Crippen LogP contribution in [0.5, 0.6) is 11.5 Å². The van der Waals surface area contributed by atoms with E-state index >= 15 is 0 Å². The Morgan fingerprint density at radius 3 is 2.24 bits per heavy atom. The topological polar surface area (TPSA) is 56.5 Å². The molecule has 0 saturated carbocycles. The Kier molecular flexibility index (Phi) is 5.46. The maximum absolute atomic E-state index is 5.67. The summed E-state index contributed by atoms with van der Waals surface area (Å²) in [5.41, 5.74) is 8.91. The van der Waals surface area contributed by atoms with Crippen molar-refractivity contribution >= 4 is 5.69 Å². The van der Waals surface area contributed by atoms with Gasteiger partial charge < -0.3 is 20.5 Å². The molecule has 4 nitrogen and oxygen atoms in total. The molecule has 21 heavy (non-hydrogen) atoms. The molecule has 0 aromatic heterocycles. The molecule has 0 aliphatic heterocycles. The van der Waals surface area contributed by atoms with Crippen LogP contribution >= 0.6 is 0 Å². The highest BCUT2D eigenvalue weighted by Gasteiger charge is 2.04. The average molecular weight is 286 g/mol. The molecule has 0 aliphatic rings. The number of hydrogen-bond acceptors (Lipinski definition) is 4. The maximum atomic E-state index is 5.67. The van der Waals surface area contributed by atoms with Gasteiger partial charge in [-0.25, -0.2) is 0 Å². The summed E-state index contributed by atoms with van der Waals surface area (Å²) in [6, 6.07) is 13.9. The fourth-order valence-corrected chi connectivity index (χ4v) is 2.14. The zero-order valence-corrected chi connectivity index (χ0v) is 12.6. The van der Waals surface area contributed by atoms with E-state index in [0.717, 1.165) is 36.7 Å². The number of nitrogens with one attached hydrogen (secondary N) is 1. The van der Waals surface area contributed by atoms with Crippen LogP contribution in [-0.2, 0) is 13.0 Å². The van der Waals surface area contributed by atoms with Gasteiger partial charge in [0.25, 0.3) is 0 Å². The Bertz CT molecular complexity index is 568. The molecule has 2 rings (SSSR count). The lowest BCUT2D eigenvalue weighted by atomic mass is 10.1. The molecular weight excluding hydrogens is 264 g/mol. The maximum Gasteiger partial charge on any atom is 0.160 e. The van der Waals surface area contributed by atoms with E-state index in [2.05, 4.69) is 11.4 Å². The van der Waals surface area contributed by atoms with Crippen molar-refractivity contribution in [3.05, 3.63) is 53.6 Å². The zero-order valence-electron chi connectivity index (χ0n) is 12.6. The average Bonchev–Trinajstić information content (AvgIpc) is 2.53. The lowest BCUT2D eigenvalue weighted by Gasteiger charge is -2.10. The zero-order chi connectivity index (χ0) is 15.1. The summed E-state index contributed by atoms with van der Waals surface area (Å²) >= 11 is 0. The summed E-state index contributed by atoms with van der Waals surface area (Å²) < 4.78 is 10.5. The van der Waals surface area contributed by atoms with E-state index in [1.807, 2.05) is 36.4 Å². The van der Waals surface area contributed by atoms with Crippen molar-refractivity contribution in [2.45, 2.75) is 13.0 Å². The molecule has 0 amide bonds. The lowest BCUT2D eigenvalue weighted by molar-refractivity contribution is 0.354. The van der Waals surface area contributed by atoms with E-state index in [-0.39, 0.29) is 0 Å². The van der Waals surface area contributed by atoms with Gasteiger partial charge in [0.15, 0.2) is 11.5 Å². The highest BCUT2D eigenvalue weighted by molar-refractivity contribution is 5.43. The quantitative estimate of drug-likeness (QED) is 0.607. The predicted molar refractivity (Wildman–Crippen MR) is 85.8 cm³/mol. The van der Waals surface area contributed by atoms with Crippen LogP contribution in [0.2, 0.25) is 0 Å². The lowest BCUT2D eigenvalue weighted by Crippen LogP contribution is -2.16. The fourth-order valence-electron chi connectivity index (χ4n) is 2.14. The fraction of sp³-hybridized carbons (Fsp3) is 0.294. The summed E-state index contributed by atoms with van der Waals surface area (Å²) in [4.78, 5) is 0. The first-order chi connectivity index (χ1) is 10.2. The number of nitrogens with two attached hydrogens (primary N) is 1. The van der Waals surface area contributed by atoms with E-state index in [1.165, 1.54) is 11.1 Å². The molecule has 0 radical (unpaired) electrons. The van der Waals surface area contributed by atoms with Crippen molar-refractivity contribution < 1.29 is 9.47 Å². The van der Waals surface area contributed by atoms with Crippen LogP contribution in [-0.4, -0.2) is 20.8 Å². The minimum atomic E-state index is 0.760. The van der Waals surface area contributed by atoms with Gasteiger partial charge in [-0.2, -0.15) is 0 Å². The second-order valence-electron chi connectivity index (χ2n) is 4.86. The van der Waals surface area contributed by atoms with Gasteiger partial charge in [0.2, 0.25) is 0 Å². The van der Waals surface area contributed by atoms with Crippen LogP contribution in [0.4, 0.5) is 5.69 Å². The van der Waals surface area contributed by atoms with Crippen LogP contribution in [0, 0.1) is 0 Å². The van der Waals surface area contributed by atoms with E-state index in [1.54, 1.807) is 14.2 Å². The molecule has 0 atom stereocenters. The molecule has 0 unspecified atom stereocenters. The molecule has 0 spiro atoms. The third kappa shape index (κ3) is 4.39. The Balaban J connectivity index is 1.82. The molecule has 3 N–H and O–H groups in total. The van der Waals surface area contributed by atoms with Gasteiger partial charge in [0.1, 0.15) is 0 Å². The van der Waals surface area contributed by atoms with Crippen LogP contribution in [0.25, 0.3) is 0 Å². The Morgan fingerprint density at radius 1 is 0.905 bits per heavy atom. The molecule has 2 aromatic carbocycles. The van der Waals surface area contributed by atoms with Crippen molar-refractivity contribution in [1.29, 1.82) is 0 Å². The Morgan fingerprint density at radius 2 is 1.57 bits per heavy atom. The summed E-state index contributed by atoms with van der Waals surface area (Å²) in [6.07, 6.45) is 0.940. The monoisotopic (exact) mass is 286 g/mol. The molecule has 2 aromatic rings. The number of nitrogen functional groups attached to an aromatic ring is 1. The van der Waals surface area contributed by atoms with Crippen LogP contribution < -0.4 is 20.5 Å². The van der Waals surface area contributed by atoms with Gasteiger partial charge in [-0.15, -0.1) is 0 Å². The molecule has 0 saturated heterocycles. The van der Waals surface area contributed by atoms with Gasteiger partial charge in [0.05, 0.1) is 14.2 Å². The summed E-state index contributed by atoms with van der Waals surface area (Å²) in [5.74, 6) is 1.53. The third-order valence-corrected chi connectivity index (χ3v) is 3.35. The van der Waals surface area contributed by atoms with Gasteiger partial charge in [0, 0.05) is 12.2 Å². The smallest absolute Gasteiger partial charge is 0.160 e. The van der Waals surface area contributed by atoms with Crippen molar-refractivity contribution in [2.24, 2.45) is 0 Å². The van der Waals surface area contributed by atoms with Gasteiger partial charge in [-0.1, -0.05) is 18.2 Å². The molecule has 0 heterocycles. The van der Waals surface area contributed by atoms with E-state index in [4.69, 9.17) is 15.2 Å². The molecule has 0 bridgehead atoms. The van der Waals surface area contributed by atoms with Gasteiger partial charge in [-0.3, -0.25) is 0 Å². The highest BCUT2D eigenvalue weighted by Crippen LogP contribution is 2.27. The van der Waals surface area contributed by atoms with Crippen LogP contribution in [0.15, 0.2) is 42.5 Å². The molecule has 4 heteroatoms. The van der Waals surface area contributed by atoms with Crippen molar-refractivity contribution in [2.75, 3.05) is 26.5 Å². The molecule has 112 valence electrons. The highest BCUT2D eigenvalue weighted by atomic mass is 16.5. The minimum Gasteiger partial charge on any atom is -0.493 e. The molecule has 0 aliphatic carbocycles. The largest absolute Gasteiger partial charge is 0.493 e. The Hall–Kier alpha value is -2.20. The van der Waals surface area contributed by atoms with Crippen LogP contribution in [0.1, 0.15) is 11.1 Å². The normalized spacial score (nSPS) is 10.4. The predicted octanol–water partition coefficient (Wildman–Crippen LogP) is 2.62. The number of methoxy groups -OCH3 is 2. The summed E-state index contributed by atoms with van der Waals surface area (Å²) in [5, 5.41) is 3.42. The standard InChI is InChI=1S/C17H22N2O2/c1-20-16-8-5-13(11-17(16)21-2)9-10-19-12-14-3-6-15(18)7-4-14/h3-8,11,19H,9-10,12,18H2,1-2H3. The van der Waals surface area contributed by atoms with Crippen LogP contribution in [0.3, 0.4) is 0 Å². The summed E-state index contributed by atoms with van der Waals surface area (Å²) in [6.45, 7) is 1.74. The second-order valence-corrected chi connectivity index (χ2v) is 4.86. The second kappa shape index (κ2) is 7.55. The van der Waals surface area contributed by atoms with Crippen molar-refractivity contribution in [1.82, 2.24) is 5.32 Å². The van der Waals surface area contributed by atoms with Gasteiger partial charge >= 0.3 is 0 Å². The first kappa shape index (κ1) is 15.2. The number of ether oxygens (including phenoxy) is 2. The van der Waals surface area contributed by atoms with E-state index in [9.17, 15) is 0 Å². The number of benzene rings is 2.